The monoisotopic (exact) mass is 533 g/mol. The van der Waals surface area contributed by atoms with E-state index in [4.69, 9.17) is 21.1 Å². The van der Waals surface area contributed by atoms with Gasteiger partial charge in [-0.25, -0.2) is 4.98 Å². The van der Waals surface area contributed by atoms with E-state index < -0.39 is 0 Å². The van der Waals surface area contributed by atoms with Crippen molar-refractivity contribution in [2.75, 3.05) is 30.2 Å². The van der Waals surface area contributed by atoms with E-state index in [0.717, 1.165) is 55.3 Å². The van der Waals surface area contributed by atoms with Gasteiger partial charge in [-0.3, -0.25) is 4.79 Å². The summed E-state index contributed by atoms with van der Waals surface area (Å²) in [5.41, 5.74) is 2.76. The van der Waals surface area contributed by atoms with Gasteiger partial charge in [0.25, 0.3) is 5.56 Å². The lowest BCUT2D eigenvalue weighted by atomic mass is 9.83. The minimum absolute atomic E-state index is 0.114. The Hall–Kier alpha value is -3.44. The maximum atomic E-state index is 13.1. The third-order valence-corrected chi connectivity index (χ3v) is 8.88. The Balaban J connectivity index is 1.28. The number of nitrogens with zero attached hydrogens (tertiary/aromatic N) is 5. The van der Waals surface area contributed by atoms with Crippen LogP contribution in [0.1, 0.15) is 50.5 Å². The van der Waals surface area contributed by atoms with Gasteiger partial charge in [-0.15, -0.1) is 0 Å². The highest BCUT2D eigenvalue weighted by molar-refractivity contribution is 6.29. The van der Waals surface area contributed by atoms with Crippen LogP contribution in [0.5, 0.6) is 11.5 Å². The predicted molar refractivity (Wildman–Crippen MR) is 148 cm³/mol. The number of aryl methyl sites for hydroxylation is 1. The fourth-order valence-electron chi connectivity index (χ4n) is 6.29. The zero-order valence-corrected chi connectivity index (χ0v) is 22.6. The van der Waals surface area contributed by atoms with Gasteiger partial charge in [0, 0.05) is 32.7 Å². The number of para-hydroxylation sites is 1. The first-order valence-electron chi connectivity index (χ1n) is 13.4. The highest BCUT2D eigenvalue weighted by Crippen LogP contribution is 2.44. The predicted octanol–water partition coefficient (Wildman–Crippen LogP) is 5.24. The molecule has 2 fully saturated rings. The molecule has 38 heavy (non-hydrogen) atoms. The van der Waals surface area contributed by atoms with Crippen LogP contribution < -0.4 is 24.8 Å². The molecule has 3 aliphatic rings. The van der Waals surface area contributed by atoms with Crippen molar-refractivity contribution in [1.29, 1.82) is 5.26 Å². The molecule has 8 nitrogen and oxygen atoms in total. The third-order valence-electron chi connectivity index (χ3n) is 8.67. The molecular formula is C29H32ClN5O3. The first-order chi connectivity index (χ1) is 18.5. The van der Waals surface area contributed by atoms with E-state index in [-0.39, 0.29) is 24.0 Å². The zero-order chi connectivity index (χ0) is 26.4. The van der Waals surface area contributed by atoms with E-state index in [2.05, 4.69) is 33.0 Å². The Morgan fingerprint density at radius 2 is 1.87 bits per heavy atom. The van der Waals surface area contributed by atoms with Crippen LogP contribution in [-0.2, 0) is 7.05 Å². The fourth-order valence-corrected chi connectivity index (χ4v) is 6.44. The maximum Gasteiger partial charge on any atom is 0.270 e. The lowest BCUT2D eigenvalue weighted by molar-refractivity contribution is 0.173. The van der Waals surface area contributed by atoms with Crippen molar-refractivity contribution in [3.05, 3.63) is 51.4 Å². The Morgan fingerprint density at radius 3 is 2.58 bits per heavy atom. The largest absolute Gasteiger partial charge is 0.454 e. The van der Waals surface area contributed by atoms with Crippen LogP contribution in [0.3, 0.4) is 0 Å². The van der Waals surface area contributed by atoms with E-state index in [0.29, 0.717) is 27.9 Å². The molecule has 0 amide bonds. The van der Waals surface area contributed by atoms with Crippen molar-refractivity contribution >= 4 is 34.0 Å². The lowest BCUT2D eigenvalue weighted by Gasteiger charge is -2.44. The van der Waals surface area contributed by atoms with Crippen molar-refractivity contribution in [3.63, 3.8) is 0 Å². The van der Waals surface area contributed by atoms with Crippen LogP contribution in [0.2, 0.25) is 5.15 Å². The second-order valence-electron chi connectivity index (χ2n) is 10.7. The Labute approximate surface area is 227 Å². The molecule has 1 aliphatic heterocycles. The third kappa shape index (κ3) is 4.23. The summed E-state index contributed by atoms with van der Waals surface area (Å²) in [6, 6.07) is 12.4. The average molecular weight is 534 g/mol. The number of hydrogen-bond donors (Lipinski definition) is 0. The Bertz CT molecular complexity index is 1470. The van der Waals surface area contributed by atoms with Gasteiger partial charge in [-0.1, -0.05) is 24.1 Å². The average Bonchev–Trinajstić information content (AvgIpc) is 3.39. The van der Waals surface area contributed by atoms with Gasteiger partial charge in [-0.2, -0.15) is 5.26 Å². The summed E-state index contributed by atoms with van der Waals surface area (Å²) >= 11 is 6.25. The van der Waals surface area contributed by atoms with E-state index in [9.17, 15) is 10.1 Å². The number of benzene rings is 1. The molecule has 0 saturated heterocycles. The van der Waals surface area contributed by atoms with Gasteiger partial charge in [-0.05, 0) is 68.7 Å². The number of rotatable bonds is 6. The summed E-state index contributed by atoms with van der Waals surface area (Å²) in [5, 5.41) is 10.3. The van der Waals surface area contributed by atoms with Gasteiger partial charge in [0.2, 0.25) is 6.79 Å². The van der Waals surface area contributed by atoms with Gasteiger partial charge >= 0.3 is 0 Å². The number of ether oxygens (including phenoxy) is 2. The number of pyridine rings is 2. The van der Waals surface area contributed by atoms with E-state index >= 15 is 0 Å². The van der Waals surface area contributed by atoms with Crippen LogP contribution in [0.4, 0.5) is 11.4 Å². The second-order valence-corrected chi connectivity index (χ2v) is 11.1. The highest BCUT2D eigenvalue weighted by atomic mass is 35.5. The molecule has 3 aromatic rings. The van der Waals surface area contributed by atoms with Gasteiger partial charge in [0.05, 0.1) is 16.9 Å². The Morgan fingerprint density at radius 1 is 1.11 bits per heavy atom. The van der Waals surface area contributed by atoms with E-state index in [1.54, 1.807) is 19.2 Å². The molecule has 0 unspecified atom stereocenters. The first kappa shape index (κ1) is 24.9. The van der Waals surface area contributed by atoms with Gasteiger partial charge in [0.1, 0.15) is 22.3 Å². The van der Waals surface area contributed by atoms with Crippen molar-refractivity contribution in [1.82, 2.24) is 9.55 Å². The number of aromatic nitrogens is 2. The first-order valence-corrected chi connectivity index (χ1v) is 13.8. The highest BCUT2D eigenvalue weighted by Gasteiger charge is 2.34. The van der Waals surface area contributed by atoms with Crippen molar-refractivity contribution in [3.8, 4) is 17.6 Å². The molecule has 198 valence electrons. The number of anilines is 2. The topological polar surface area (TPSA) is 83.6 Å². The summed E-state index contributed by atoms with van der Waals surface area (Å²) in [6.45, 7) is 1.30. The van der Waals surface area contributed by atoms with Crippen LogP contribution in [-0.4, -0.2) is 42.0 Å². The summed E-state index contributed by atoms with van der Waals surface area (Å²) in [7, 11) is 3.64. The molecule has 1 aromatic carbocycles. The molecule has 0 atom stereocenters. The summed E-state index contributed by atoms with van der Waals surface area (Å²) < 4.78 is 13.1. The number of nitriles is 1. The molecule has 2 saturated carbocycles. The van der Waals surface area contributed by atoms with Crippen LogP contribution in [0.25, 0.3) is 11.0 Å². The number of fused-ring (bicyclic) bond motifs is 2. The van der Waals surface area contributed by atoms with Crippen LogP contribution >= 0.6 is 11.6 Å². The second kappa shape index (κ2) is 10.0. The Kier molecular flexibility index (Phi) is 6.56. The van der Waals surface area contributed by atoms with Crippen molar-refractivity contribution < 1.29 is 9.47 Å². The minimum atomic E-state index is -0.313. The minimum Gasteiger partial charge on any atom is -0.454 e. The molecule has 6 rings (SSSR count). The summed E-state index contributed by atoms with van der Waals surface area (Å²) in [5.74, 6) is 2.40. The molecule has 0 bridgehead atoms. The van der Waals surface area contributed by atoms with Gasteiger partial charge < -0.3 is 23.8 Å². The smallest absolute Gasteiger partial charge is 0.270 e. The molecule has 0 radical (unpaired) electrons. The summed E-state index contributed by atoms with van der Waals surface area (Å²) in [4.78, 5) is 22.3. The molecule has 2 aromatic heterocycles. The van der Waals surface area contributed by atoms with Crippen molar-refractivity contribution in [2.45, 2.75) is 57.0 Å². The molecule has 3 heterocycles. The summed E-state index contributed by atoms with van der Waals surface area (Å²) in [6.07, 6.45) is 7.77. The maximum absolute atomic E-state index is 13.1. The SMILES string of the molecule is Cn1c(=O)c(C#N)c(N(C)[C@H]2CC[C@@H](N(CC3CCC3)c3cccc4c3OCO4)CC2)c2nc(Cl)ccc21. The molecule has 0 spiro atoms. The normalized spacial score (nSPS) is 20.7. The lowest BCUT2D eigenvalue weighted by Crippen LogP contribution is -2.46. The van der Waals surface area contributed by atoms with Crippen molar-refractivity contribution in [2.24, 2.45) is 13.0 Å². The van der Waals surface area contributed by atoms with Crippen LogP contribution in [0, 0.1) is 17.2 Å². The standard InChI is InChI=1S/C29H32ClN5O3/c1-33(27-21(15-31)29(36)34(2)22-13-14-25(30)32-26(22)27)19-9-11-20(12-10-19)35(16-18-5-3-6-18)23-7-4-8-24-28(23)38-17-37-24/h4,7-8,13-14,18-20H,3,5-6,9-12,16-17H2,1-2H3/t19-,20+. The van der Waals surface area contributed by atoms with Gasteiger partial charge in [0.15, 0.2) is 11.5 Å². The van der Waals surface area contributed by atoms with Crippen LogP contribution in [0.15, 0.2) is 35.1 Å². The molecule has 9 heteroatoms. The molecular weight excluding hydrogens is 502 g/mol. The van der Waals surface area contributed by atoms with E-state index in [1.165, 1.54) is 23.8 Å². The molecule has 0 N–H and O–H groups in total. The molecule has 2 aliphatic carbocycles. The zero-order valence-electron chi connectivity index (χ0n) is 21.8. The van der Waals surface area contributed by atoms with E-state index in [1.807, 2.05) is 13.1 Å². The number of hydrogen-bond acceptors (Lipinski definition) is 7. The fraction of sp³-hybridized carbons (Fsp3) is 0.483. The number of halogens is 1. The quantitative estimate of drug-likeness (QED) is 0.400.